The fourth-order valence-electron chi connectivity index (χ4n) is 2.51. The molecule has 0 saturated carbocycles. The van der Waals surface area contributed by atoms with Gasteiger partial charge in [-0.05, 0) is 48.9 Å². The maximum absolute atomic E-state index is 12.0. The van der Waals surface area contributed by atoms with Crippen molar-refractivity contribution in [2.75, 3.05) is 7.11 Å². The Labute approximate surface area is 143 Å². The molecule has 0 aliphatic heterocycles. The second-order valence-corrected chi connectivity index (χ2v) is 5.64. The number of methoxy groups -OCH3 is 1. The first-order valence-corrected chi connectivity index (χ1v) is 8.25. The molecular weight excluding hydrogens is 300 g/mol. The predicted molar refractivity (Wildman–Crippen MR) is 96.5 cm³/mol. The Hall–Kier alpha value is -2.55. The van der Waals surface area contributed by atoms with Gasteiger partial charge in [0.1, 0.15) is 0 Å². The second-order valence-electron chi connectivity index (χ2n) is 5.64. The Kier molecular flexibility index (Phi) is 7.09. The molecule has 0 radical (unpaired) electrons. The van der Waals surface area contributed by atoms with E-state index in [9.17, 15) is 4.79 Å². The van der Waals surface area contributed by atoms with Crippen molar-refractivity contribution in [1.29, 1.82) is 0 Å². The molecule has 3 nitrogen and oxygen atoms in total. The van der Waals surface area contributed by atoms with Gasteiger partial charge in [0.15, 0.2) is 11.5 Å². The van der Waals surface area contributed by atoms with Gasteiger partial charge < -0.3 is 9.47 Å². The van der Waals surface area contributed by atoms with E-state index in [2.05, 4.69) is 18.7 Å². The number of hydrogen-bond donors (Lipinski definition) is 0. The molecule has 0 fully saturated rings. The topological polar surface area (TPSA) is 35.5 Å². The van der Waals surface area contributed by atoms with Gasteiger partial charge in [0.25, 0.3) is 0 Å². The highest BCUT2D eigenvalue weighted by Crippen LogP contribution is 2.28. The normalized spacial score (nSPS) is 10.2. The fraction of sp³-hybridized carbons (Fsp3) is 0.286. The molecule has 0 unspecified atom stereocenters. The van der Waals surface area contributed by atoms with Crippen molar-refractivity contribution < 1.29 is 14.3 Å². The maximum Gasteiger partial charge on any atom is 0.311 e. The van der Waals surface area contributed by atoms with Crippen LogP contribution in [0.4, 0.5) is 0 Å². The summed E-state index contributed by atoms with van der Waals surface area (Å²) >= 11 is 0. The molecule has 0 amide bonds. The first kappa shape index (κ1) is 17.8. The summed E-state index contributed by atoms with van der Waals surface area (Å²) in [5.41, 5.74) is 2.37. The van der Waals surface area contributed by atoms with Gasteiger partial charge in [0.05, 0.1) is 7.11 Å². The van der Waals surface area contributed by atoms with Crippen molar-refractivity contribution in [2.45, 2.75) is 32.1 Å². The van der Waals surface area contributed by atoms with Crippen molar-refractivity contribution in [3.63, 3.8) is 0 Å². The maximum atomic E-state index is 12.0. The zero-order valence-electron chi connectivity index (χ0n) is 14.2. The quantitative estimate of drug-likeness (QED) is 0.289. The van der Waals surface area contributed by atoms with E-state index in [1.165, 1.54) is 5.56 Å². The Morgan fingerprint density at radius 1 is 1.04 bits per heavy atom. The third kappa shape index (κ3) is 5.58. The minimum atomic E-state index is -0.224. The molecule has 0 aliphatic rings. The highest BCUT2D eigenvalue weighted by Gasteiger charge is 2.10. The highest BCUT2D eigenvalue weighted by molar-refractivity contribution is 5.73. The second kappa shape index (κ2) is 9.56. The third-order valence-corrected chi connectivity index (χ3v) is 3.77. The molecule has 2 aromatic carbocycles. The fourth-order valence-corrected chi connectivity index (χ4v) is 2.51. The van der Waals surface area contributed by atoms with Gasteiger partial charge in [-0.25, -0.2) is 0 Å². The summed E-state index contributed by atoms with van der Waals surface area (Å²) in [6, 6.07) is 15.9. The largest absolute Gasteiger partial charge is 0.493 e. The lowest BCUT2D eigenvalue weighted by Crippen LogP contribution is -2.08. The number of carbonyl (C=O) groups excluding carboxylic acids is 1. The van der Waals surface area contributed by atoms with E-state index in [4.69, 9.17) is 9.47 Å². The molecule has 2 aromatic rings. The van der Waals surface area contributed by atoms with Crippen LogP contribution in [-0.2, 0) is 17.6 Å². The van der Waals surface area contributed by atoms with Gasteiger partial charge in [0, 0.05) is 6.42 Å². The average Bonchev–Trinajstić information content (AvgIpc) is 2.61. The molecule has 0 aliphatic carbocycles. The molecule has 0 aromatic heterocycles. The van der Waals surface area contributed by atoms with Crippen LogP contribution in [0.15, 0.2) is 61.2 Å². The molecule has 3 heteroatoms. The van der Waals surface area contributed by atoms with Crippen LogP contribution < -0.4 is 9.47 Å². The average molecular weight is 324 g/mol. The number of ether oxygens (including phenoxy) is 2. The highest BCUT2D eigenvalue weighted by atomic mass is 16.6. The van der Waals surface area contributed by atoms with E-state index in [0.717, 1.165) is 31.2 Å². The minimum absolute atomic E-state index is 0.224. The summed E-state index contributed by atoms with van der Waals surface area (Å²) in [5, 5.41) is 0. The molecule has 126 valence electrons. The molecule has 0 spiro atoms. The zero-order valence-corrected chi connectivity index (χ0v) is 14.2. The van der Waals surface area contributed by atoms with Crippen LogP contribution in [0.1, 0.15) is 30.4 Å². The molecule has 0 saturated heterocycles. The number of benzene rings is 2. The van der Waals surface area contributed by atoms with Crippen LogP contribution in [0.5, 0.6) is 11.5 Å². The SMILES string of the molecule is C=CCc1ccc(OC(=O)CCCCc2ccccc2)c(OC)c1. The van der Waals surface area contributed by atoms with Crippen molar-refractivity contribution >= 4 is 5.97 Å². The summed E-state index contributed by atoms with van der Waals surface area (Å²) in [5.74, 6) is 0.822. The van der Waals surface area contributed by atoms with Crippen molar-refractivity contribution in [1.82, 2.24) is 0 Å². The summed E-state index contributed by atoms with van der Waals surface area (Å²) < 4.78 is 10.7. The Bertz CT molecular complexity index is 662. The number of aryl methyl sites for hydroxylation is 1. The number of esters is 1. The molecular formula is C21H24O3. The number of unbranched alkanes of at least 4 members (excludes halogenated alkanes) is 1. The zero-order chi connectivity index (χ0) is 17.2. The van der Waals surface area contributed by atoms with Gasteiger partial charge in [-0.1, -0.05) is 42.5 Å². The number of carbonyl (C=O) groups is 1. The van der Waals surface area contributed by atoms with E-state index >= 15 is 0 Å². The smallest absolute Gasteiger partial charge is 0.311 e. The van der Waals surface area contributed by atoms with Gasteiger partial charge >= 0.3 is 5.97 Å². The first-order chi connectivity index (χ1) is 11.7. The van der Waals surface area contributed by atoms with Crippen LogP contribution in [0, 0.1) is 0 Å². The van der Waals surface area contributed by atoms with Crippen molar-refractivity contribution in [2.24, 2.45) is 0 Å². The monoisotopic (exact) mass is 324 g/mol. The van der Waals surface area contributed by atoms with E-state index in [0.29, 0.717) is 17.9 Å². The van der Waals surface area contributed by atoms with Gasteiger partial charge in [-0.3, -0.25) is 4.79 Å². The van der Waals surface area contributed by atoms with E-state index in [1.54, 1.807) is 13.2 Å². The standard InChI is InChI=1S/C21H24O3/c1-3-9-18-14-15-19(20(16-18)23-2)24-21(22)13-8-7-12-17-10-5-4-6-11-17/h3-6,10-11,14-16H,1,7-9,12-13H2,2H3. The van der Waals surface area contributed by atoms with Gasteiger partial charge in [-0.15, -0.1) is 6.58 Å². The lowest BCUT2D eigenvalue weighted by Gasteiger charge is -2.10. The van der Waals surface area contributed by atoms with Crippen molar-refractivity contribution in [3.05, 3.63) is 72.3 Å². The molecule has 0 N–H and O–H groups in total. The van der Waals surface area contributed by atoms with Crippen molar-refractivity contribution in [3.8, 4) is 11.5 Å². The molecule has 0 heterocycles. The predicted octanol–water partition coefficient (Wildman–Crippen LogP) is 4.74. The molecule has 0 atom stereocenters. The Morgan fingerprint density at radius 3 is 2.54 bits per heavy atom. The van der Waals surface area contributed by atoms with Crippen LogP contribution in [0.25, 0.3) is 0 Å². The Balaban J connectivity index is 1.80. The summed E-state index contributed by atoms with van der Waals surface area (Å²) in [6.07, 6.45) is 5.74. The van der Waals surface area contributed by atoms with Crippen LogP contribution >= 0.6 is 0 Å². The summed E-state index contributed by atoms with van der Waals surface area (Å²) in [7, 11) is 1.57. The van der Waals surface area contributed by atoms with E-state index in [1.807, 2.05) is 36.4 Å². The number of hydrogen-bond acceptors (Lipinski definition) is 3. The van der Waals surface area contributed by atoms with Crippen LogP contribution in [0.2, 0.25) is 0 Å². The number of rotatable bonds is 9. The molecule has 0 bridgehead atoms. The van der Waals surface area contributed by atoms with Crippen LogP contribution in [0.3, 0.4) is 0 Å². The lowest BCUT2D eigenvalue weighted by molar-refractivity contribution is -0.134. The first-order valence-electron chi connectivity index (χ1n) is 8.25. The lowest BCUT2D eigenvalue weighted by atomic mass is 10.1. The van der Waals surface area contributed by atoms with Crippen LogP contribution in [-0.4, -0.2) is 13.1 Å². The van der Waals surface area contributed by atoms with Gasteiger partial charge in [-0.2, -0.15) is 0 Å². The molecule has 24 heavy (non-hydrogen) atoms. The number of allylic oxidation sites excluding steroid dienone is 1. The third-order valence-electron chi connectivity index (χ3n) is 3.77. The van der Waals surface area contributed by atoms with E-state index in [-0.39, 0.29) is 5.97 Å². The molecule has 2 rings (SSSR count). The Morgan fingerprint density at radius 2 is 1.83 bits per heavy atom. The minimum Gasteiger partial charge on any atom is -0.493 e. The van der Waals surface area contributed by atoms with Gasteiger partial charge in [0.2, 0.25) is 0 Å². The summed E-state index contributed by atoms with van der Waals surface area (Å²) in [6.45, 7) is 3.72. The van der Waals surface area contributed by atoms with E-state index < -0.39 is 0 Å². The summed E-state index contributed by atoms with van der Waals surface area (Å²) in [4.78, 5) is 12.0.